The third kappa shape index (κ3) is 2.98. The standard InChI is InChI=1S/C17H14F2N2O/c18-13-3-1-11(2-4-13)17(22)20-8-7-12-10-21-16-9-14(19)5-6-15(12)16/h1-6,9-10,21H,7-8H2,(H,20,22). The number of aromatic nitrogens is 1. The molecule has 0 aliphatic heterocycles. The first kappa shape index (κ1) is 14.3. The molecular weight excluding hydrogens is 286 g/mol. The average Bonchev–Trinajstić information content (AvgIpc) is 2.90. The van der Waals surface area contributed by atoms with Crippen LogP contribution >= 0.6 is 0 Å². The average molecular weight is 300 g/mol. The van der Waals surface area contributed by atoms with E-state index >= 15 is 0 Å². The van der Waals surface area contributed by atoms with Crippen molar-refractivity contribution in [3.8, 4) is 0 Å². The van der Waals surface area contributed by atoms with E-state index in [0.29, 0.717) is 18.5 Å². The summed E-state index contributed by atoms with van der Waals surface area (Å²) in [4.78, 5) is 14.9. The number of hydrogen-bond donors (Lipinski definition) is 2. The molecule has 0 spiro atoms. The SMILES string of the molecule is O=C(NCCc1c[nH]c2cc(F)ccc12)c1ccc(F)cc1. The minimum absolute atomic E-state index is 0.245. The Balaban J connectivity index is 1.62. The summed E-state index contributed by atoms with van der Waals surface area (Å²) < 4.78 is 25.9. The number of hydrogen-bond acceptors (Lipinski definition) is 1. The fourth-order valence-corrected chi connectivity index (χ4v) is 2.38. The number of nitrogens with one attached hydrogen (secondary N) is 2. The number of rotatable bonds is 4. The maximum absolute atomic E-state index is 13.1. The van der Waals surface area contributed by atoms with Gasteiger partial charge in [-0.05, 0) is 54.4 Å². The summed E-state index contributed by atoms with van der Waals surface area (Å²) in [6.07, 6.45) is 2.44. The molecule has 0 aliphatic carbocycles. The first-order valence-corrected chi connectivity index (χ1v) is 6.93. The Hall–Kier alpha value is -2.69. The molecule has 112 valence electrons. The Morgan fingerprint density at radius 3 is 2.55 bits per heavy atom. The molecular formula is C17H14F2N2O. The fourth-order valence-electron chi connectivity index (χ4n) is 2.38. The summed E-state index contributed by atoms with van der Waals surface area (Å²) in [5.41, 5.74) is 2.16. The summed E-state index contributed by atoms with van der Waals surface area (Å²) in [5, 5.41) is 3.73. The molecule has 22 heavy (non-hydrogen) atoms. The highest BCUT2D eigenvalue weighted by atomic mass is 19.1. The third-order valence-corrected chi connectivity index (χ3v) is 3.52. The molecule has 0 fully saturated rings. The molecule has 0 radical (unpaired) electrons. The van der Waals surface area contributed by atoms with Gasteiger partial charge in [-0.1, -0.05) is 0 Å². The number of H-pyrrole nitrogens is 1. The lowest BCUT2D eigenvalue weighted by Gasteiger charge is -2.05. The smallest absolute Gasteiger partial charge is 0.251 e. The van der Waals surface area contributed by atoms with E-state index in [1.807, 2.05) is 6.20 Å². The molecule has 1 heterocycles. The lowest BCUT2D eigenvalue weighted by molar-refractivity contribution is 0.0954. The highest BCUT2D eigenvalue weighted by molar-refractivity contribution is 5.94. The largest absolute Gasteiger partial charge is 0.361 e. The first-order chi connectivity index (χ1) is 10.6. The van der Waals surface area contributed by atoms with Crippen LogP contribution in [0.2, 0.25) is 0 Å². The van der Waals surface area contributed by atoms with Crippen molar-refractivity contribution < 1.29 is 13.6 Å². The molecule has 3 aromatic rings. The van der Waals surface area contributed by atoms with E-state index in [9.17, 15) is 13.6 Å². The molecule has 0 aliphatic rings. The van der Waals surface area contributed by atoms with Crippen molar-refractivity contribution >= 4 is 16.8 Å². The molecule has 1 amide bonds. The highest BCUT2D eigenvalue weighted by Gasteiger charge is 2.07. The highest BCUT2D eigenvalue weighted by Crippen LogP contribution is 2.19. The summed E-state index contributed by atoms with van der Waals surface area (Å²) >= 11 is 0. The van der Waals surface area contributed by atoms with Crippen LogP contribution in [0, 0.1) is 11.6 Å². The lowest BCUT2D eigenvalue weighted by atomic mass is 10.1. The van der Waals surface area contributed by atoms with E-state index < -0.39 is 0 Å². The Kier molecular flexibility index (Phi) is 3.87. The normalized spacial score (nSPS) is 10.8. The molecule has 3 nitrogen and oxygen atoms in total. The van der Waals surface area contributed by atoms with Crippen LogP contribution in [0.25, 0.3) is 10.9 Å². The second kappa shape index (κ2) is 5.97. The van der Waals surface area contributed by atoms with Crippen LogP contribution in [0.4, 0.5) is 8.78 Å². The van der Waals surface area contributed by atoms with Crippen LogP contribution in [0.1, 0.15) is 15.9 Å². The van der Waals surface area contributed by atoms with Gasteiger partial charge in [-0.15, -0.1) is 0 Å². The Bertz CT molecular complexity index is 809. The van der Waals surface area contributed by atoms with E-state index in [2.05, 4.69) is 10.3 Å². The number of halogens is 2. The molecule has 0 saturated carbocycles. The number of benzene rings is 2. The minimum Gasteiger partial charge on any atom is -0.361 e. The summed E-state index contributed by atoms with van der Waals surface area (Å²) in [6, 6.07) is 9.97. The minimum atomic E-state index is -0.373. The molecule has 0 atom stereocenters. The lowest BCUT2D eigenvalue weighted by Crippen LogP contribution is -2.25. The Morgan fingerprint density at radius 1 is 1.05 bits per heavy atom. The van der Waals surface area contributed by atoms with E-state index in [1.54, 1.807) is 6.07 Å². The Morgan fingerprint density at radius 2 is 1.77 bits per heavy atom. The number of amides is 1. The zero-order valence-electron chi connectivity index (χ0n) is 11.7. The zero-order valence-corrected chi connectivity index (χ0v) is 11.7. The Labute approximate surface area is 126 Å². The van der Waals surface area contributed by atoms with Gasteiger partial charge in [0, 0.05) is 29.2 Å². The van der Waals surface area contributed by atoms with E-state index in [4.69, 9.17) is 0 Å². The van der Waals surface area contributed by atoms with Gasteiger partial charge in [-0.2, -0.15) is 0 Å². The molecule has 2 N–H and O–H groups in total. The van der Waals surface area contributed by atoms with Crippen LogP contribution in [-0.4, -0.2) is 17.4 Å². The van der Waals surface area contributed by atoms with E-state index in [-0.39, 0.29) is 17.5 Å². The van der Waals surface area contributed by atoms with Crippen molar-refractivity contribution in [2.45, 2.75) is 6.42 Å². The maximum atomic E-state index is 13.1. The number of fused-ring (bicyclic) bond motifs is 1. The van der Waals surface area contributed by atoms with Gasteiger partial charge in [0.1, 0.15) is 11.6 Å². The number of carbonyl (C=O) groups excluding carboxylic acids is 1. The van der Waals surface area contributed by atoms with Crippen molar-refractivity contribution in [1.82, 2.24) is 10.3 Å². The summed E-state index contributed by atoms with van der Waals surface area (Å²) in [6.45, 7) is 0.445. The van der Waals surface area contributed by atoms with E-state index in [0.717, 1.165) is 16.5 Å². The molecule has 0 unspecified atom stereocenters. The molecule has 1 aromatic heterocycles. The van der Waals surface area contributed by atoms with Gasteiger partial charge in [0.2, 0.25) is 0 Å². The van der Waals surface area contributed by atoms with Gasteiger partial charge >= 0.3 is 0 Å². The van der Waals surface area contributed by atoms with Gasteiger partial charge in [-0.25, -0.2) is 8.78 Å². The van der Waals surface area contributed by atoms with Crippen LogP contribution in [-0.2, 0) is 6.42 Å². The maximum Gasteiger partial charge on any atom is 0.251 e. The quantitative estimate of drug-likeness (QED) is 0.762. The number of carbonyl (C=O) groups is 1. The van der Waals surface area contributed by atoms with Crippen LogP contribution < -0.4 is 5.32 Å². The summed E-state index contributed by atoms with van der Waals surface area (Å²) in [5.74, 6) is -0.904. The van der Waals surface area contributed by atoms with Gasteiger partial charge < -0.3 is 10.3 Å². The van der Waals surface area contributed by atoms with Crippen LogP contribution in [0.5, 0.6) is 0 Å². The third-order valence-electron chi connectivity index (χ3n) is 3.52. The van der Waals surface area contributed by atoms with Gasteiger partial charge in [0.05, 0.1) is 0 Å². The van der Waals surface area contributed by atoms with Crippen molar-refractivity contribution in [3.63, 3.8) is 0 Å². The topological polar surface area (TPSA) is 44.9 Å². The van der Waals surface area contributed by atoms with Crippen molar-refractivity contribution in [3.05, 3.63) is 71.4 Å². The first-order valence-electron chi connectivity index (χ1n) is 6.93. The molecule has 0 bridgehead atoms. The predicted octanol–water partition coefficient (Wildman–Crippen LogP) is 3.42. The molecule has 2 aromatic carbocycles. The number of aromatic amines is 1. The second-order valence-electron chi connectivity index (χ2n) is 5.02. The van der Waals surface area contributed by atoms with Crippen molar-refractivity contribution in [2.24, 2.45) is 0 Å². The van der Waals surface area contributed by atoms with Crippen LogP contribution in [0.15, 0.2) is 48.7 Å². The molecule has 3 rings (SSSR count). The van der Waals surface area contributed by atoms with Crippen molar-refractivity contribution in [2.75, 3.05) is 6.54 Å². The summed E-state index contributed by atoms with van der Waals surface area (Å²) in [7, 11) is 0. The van der Waals surface area contributed by atoms with Gasteiger partial charge in [0.15, 0.2) is 0 Å². The van der Waals surface area contributed by atoms with Gasteiger partial charge in [0.25, 0.3) is 5.91 Å². The zero-order chi connectivity index (χ0) is 15.5. The van der Waals surface area contributed by atoms with Gasteiger partial charge in [-0.3, -0.25) is 4.79 Å². The second-order valence-corrected chi connectivity index (χ2v) is 5.02. The molecule has 0 saturated heterocycles. The fraction of sp³-hybridized carbons (Fsp3) is 0.118. The van der Waals surface area contributed by atoms with Crippen LogP contribution in [0.3, 0.4) is 0 Å². The van der Waals surface area contributed by atoms with Crippen molar-refractivity contribution in [1.29, 1.82) is 0 Å². The van der Waals surface area contributed by atoms with E-state index in [1.165, 1.54) is 36.4 Å². The predicted molar refractivity (Wildman–Crippen MR) is 80.7 cm³/mol. The molecule has 5 heteroatoms. The monoisotopic (exact) mass is 300 g/mol.